The smallest absolute Gasteiger partial charge is 0.223 e. The second-order valence-electron chi connectivity index (χ2n) is 7.62. The average molecular weight is 378 g/mol. The summed E-state index contributed by atoms with van der Waals surface area (Å²) in [5.74, 6) is 0.234. The van der Waals surface area contributed by atoms with Crippen LogP contribution in [-0.4, -0.2) is 17.4 Å². The van der Waals surface area contributed by atoms with Crippen molar-refractivity contribution in [2.45, 2.75) is 64.8 Å². The molecule has 1 amide bonds. The van der Waals surface area contributed by atoms with Crippen molar-refractivity contribution in [2.24, 2.45) is 0 Å². The molecule has 0 N–H and O–H groups in total. The van der Waals surface area contributed by atoms with Gasteiger partial charge >= 0.3 is 0 Å². The van der Waals surface area contributed by atoms with Crippen LogP contribution >= 0.6 is 0 Å². The van der Waals surface area contributed by atoms with Crippen LogP contribution in [0.25, 0.3) is 0 Å². The lowest BCUT2D eigenvalue weighted by Gasteiger charge is -2.32. The Morgan fingerprint density at radius 3 is 2.32 bits per heavy atom. The molecule has 2 aromatic carbocycles. The number of amides is 1. The summed E-state index contributed by atoms with van der Waals surface area (Å²) in [5, 5.41) is 0. The third-order valence-corrected chi connectivity index (χ3v) is 5.25. The number of hydrogen-bond acceptors (Lipinski definition) is 1. The van der Waals surface area contributed by atoms with Gasteiger partial charge in [0.2, 0.25) is 5.91 Å². The van der Waals surface area contributed by atoms with E-state index in [4.69, 9.17) is 0 Å². The van der Waals surface area contributed by atoms with E-state index in [0.717, 1.165) is 19.3 Å². The fourth-order valence-corrected chi connectivity index (χ4v) is 3.60. The van der Waals surface area contributed by atoms with Crippen molar-refractivity contribution in [3.8, 4) is 0 Å². The number of rotatable bonds is 12. The zero-order valence-electron chi connectivity index (χ0n) is 17.6. The lowest BCUT2D eigenvalue weighted by Crippen LogP contribution is -2.36. The predicted molar refractivity (Wildman–Crippen MR) is 119 cm³/mol. The Morgan fingerprint density at radius 2 is 1.68 bits per heavy atom. The molecule has 0 radical (unpaired) electrons. The number of benzene rings is 2. The van der Waals surface area contributed by atoms with E-state index in [1.165, 1.54) is 36.0 Å². The monoisotopic (exact) mass is 377 g/mol. The third-order valence-electron chi connectivity index (χ3n) is 5.25. The van der Waals surface area contributed by atoms with E-state index >= 15 is 0 Å². The molecule has 2 aromatic rings. The van der Waals surface area contributed by atoms with Gasteiger partial charge in [-0.15, -0.1) is 6.58 Å². The van der Waals surface area contributed by atoms with Gasteiger partial charge in [-0.2, -0.15) is 0 Å². The van der Waals surface area contributed by atoms with Gasteiger partial charge in [-0.3, -0.25) is 4.79 Å². The van der Waals surface area contributed by atoms with Gasteiger partial charge in [0.05, 0.1) is 6.04 Å². The summed E-state index contributed by atoms with van der Waals surface area (Å²) in [6, 6.07) is 19.1. The van der Waals surface area contributed by atoms with Gasteiger partial charge in [0, 0.05) is 13.0 Å². The maximum Gasteiger partial charge on any atom is 0.223 e. The summed E-state index contributed by atoms with van der Waals surface area (Å²) < 4.78 is 0. The summed E-state index contributed by atoms with van der Waals surface area (Å²) in [6.45, 7) is 8.80. The van der Waals surface area contributed by atoms with Crippen LogP contribution in [0.3, 0.4) is 0 Å². The number of aryl methyl sites for hydroxylation is 1. The Hall–Kier alpha value is -2.35. The Bertz CT molecular complexity index is 705. The van der Waals surface area contributed by atoms with E-state index in [1.807, 2.05) is 17.0 Å². The first-order chi connectivity index (χ1) is 13.7. The number of nitrogens with zero attached hydrogens (tertiary/aromatic N) is 1. The van der Waals surface area contributed by atoms with Crippen molar-refractivity contribution in [3.05, 3.63) is 83.9 Å². The molecular formula is C26H35NO. The average Bonchev–Trinajstić information content (AvgIpc) is 2.72. The quantitative estimate of drug-likeness (QED) is 0.299. The molecule has 0 saturated carbocycles. The summed E-state index contributed by atoms with van der Waals surface area (Å²) >= 11 is 0. The molecule has 150 valence electrons. The zero-order valence-corrected chi connectivity index (χ0v) is 17.6. The van der Waals surface area contributed by atoms with Crippen LogP contribution < -0.4 is 0 Å². The second kappa shape index (κ2) is 12.2. The standard InChI is InChI=1S/C26H35NO/c1-4-6-7-8-12-15-26(28)27(20-5-2)25(24-13-10-9-11-14-24)21-23-18-16-22(3)17-19-23/h5,9-11,13-14,16-19,25H,2,4,6-8,12,15,20-21H2,1,3H3/t25-/m0/s1. The molecule has 0 aliphatic rings. The molecule has 0 saturated heterocycles. The molecule has 0 fully saturated rings. The van der Waals surface area contributed by atoms with Crippen LogP contribution in [0.1, 0.15) is 68.2 Å². The van der Waals surface area contributed by atoms with E-state index in [2.05, 4.69) is 69.0 Å². The SMILES string of the molecule is C=CCN(C(=O)CCCCCCC)[C@@H](Cc1ccc(C)cc1)c1ccccc1. The van der Waals surface area contributed by atoms with Gasteiger partial charge in [-0.05, 0) is 30.9 Å². The molecule has 0 aliphatic heterocycles. The first-order valence-electron chi connectivity index (χ1n) is 10.7. The molecule has 0 heterocycles. The Morgan fingerprint density at radius 1 is 1.00 bits per heavy atom. The van der Waals surface area contributed by atoms with Crippen LogP contribution in [0, 0.1) is 6.92 Å². The molecule has 0 aromatic heterocycles. The Balaban J connectivity index is 2.17. The molecule has 0 spiro atoms. The number of hydrogen-bond donors (Lipinski definition) is 0. The van der Waals surface area contributed by atoms with Crippen LogP contribution in [0.5, 0.6) is 0 Å². The minimum Gasteiger partial charge on any atom is -0.332 e. The largest absolute Gasteiger partial charge is 0.332 e. The highest BCUT2D eigenvalue weighted by atomic mass is 16.2. The molecule has 2 rings (SSSR count). The van der Waals surface area contributed by atoms with Crippen molar-refractivity contribution in [2.75, 3.05) is 6.54 Å². The maximum atomic E-state index is 13.1. The van der Waals surface area contributed by atoms with E-state index in [-0.39, 0.29) is 11.9 Å². The van der Waals surface area contributed by atoms with E-state index < -0.39 is 0 Å². The van der Waals surface area contributed by atoms with Gasteiger partial charge in [0.15, 0.2) is 0 Å². The van der Waals surface area contributed by atoms with Gasteiger partial charge in [-0.25, -0.2) is 0 Å². The maximum absolute atomic E-state index is 13.1. The summed E-state index contributed by atoms with van der Waals surface area (Å²) in [7, 11) is 0. The molecule has 0 bridgehead atoms. The van der Waals surface area contributed by atoms with Crippen molar-refractivity contribution in [1.82, 2.24) is 4.90 Å². The molecular weight excluding hydrogens is 342 g/mol. The van der Waals surface area contributed by atoms with E-state index in [9.17, 15) is 4.79 Å². The lowest BCUT2D eigenvalue weighted by atomic mass is 9.96. The van der Waals surface area contributed by atoms with E-state index in [0.29, 0.717) is 13.0 Å². The van der Waals surface area contributed by atoms with Crippen molar-refractivity contribution >= 4 is 5.91 Å². The van der Waals surface area contributed by atoms with Crippen LogP contribution in [-0.2, 0) is 11.2 Å². The van der Waals surface area contributed by atoms with Crippen molar-refractivity contribution in [3.63, 3.8) is 0 Å². The minimum absolute atomic E-state index is 0.0325. The number of carbonyl (C=O) groups is 1. The highest BCUT2D eigenvalue weighted by Gasteiger charge is 2.24. The summed E-state index contributed by atoms with van der Waals surface area (Å²) in [6.07, 6.45) is 9.09. The zero-order chi connectivity index (χ0) is 20.2. The highest BCUT2D eigenvalue weighted by molar-refractivity contribution is 5.77. The minimum atomic E-state index is 0.0325. The topological polar surface area (TPSA) is 20.3 Å². The van der Waals surface area contributed by atoms with Gasteiger partial charge in [0.1, 0.15) is 0 Å². The number of unbranched alkanes of at least 4 members (excludes halogenated alkanes) is 4. The van der Waals surface area contributed by atoms with E-state index in [1.54, 1.807) is 0 Å². The van der Waals surface area contributed by atoms with Crippen LogP contribution in [0.4, 0.5) is 0 Å². The summed E-state index contributed by atoms with van der Waals surface area (Å²) in [5.41, 5.74) is 3.69. The first-order valence-corrected chi connectivity index (χ1v) is 10.7. The summed E-state index contributed by atoms with van der Waals surface area (Å²) in [4.78, 5) is 15.1. The molecule has 2 nitrogen and oxygen atoms in total. The Kier molecular flexibility index (Phi) is 9.54. The predicted octanol–water partition coefficient (Wildman–Crippen LogP) is 6.65. The van der Waals surface area contributed by atoms with Crippen LogP contribution in [0.2, 0.25) is 0 Å². The van der Waals surface area contributed by atoms with Crippen molar-refractivity contribution < 1.29 is 4.79 Å². The molecule has 0 unspecified atom stereocenters. The lowest BCUT2D eigenvalue weighted by molar-refractivity contribution is -0.133. The van der Waals surface area contributed by atoms with Gasteiger partial charge in [-0.1, -0.05) is 98.8 Å². The van der Waals surface area contributed by atoms with Crippen molar-refractivity contribution in [1.29, 1.82) is 0 Å². The Labute approximate surface area is 171 Å². The third kappa shape index (κ3) is 6.99. The fraction of sp³-hybridized carbons (Fsp3) is 0.423. The van der Waals surface area contributed by atoms with Crippen LogP contribution in [0.15, 0.2) is 67.3 Å². The second-order valence-corrected chi connectivity index (χ2v) is 7.62. The van der Waals surface area contributed by atoms with Gasteiger partial charge in [0.25, 0.3) is 0 Å². The number of carbonyl (C=O) groups excluding carboxylic acids is 1. The first kappa shape index (κ1) is 21.9. The molecule has 1 atom stereocenters. The molecule has 2 heteroatoms. The van der Waals surface area contributed by atoms with Gasteiger partial charge < -0.3 is 4.90 Å². The molecule has 28 heavy (non-hydrogen) atoms. The normalized spacial score (nSPS) is 11.8. The molecule has 0 aliphatic carbocycles. The highest BCUT2D eigenvalue weighted by Crippen LogP contribution is 2.27. The fourth-order valence-electron chi connectivity index (χ4n) is 3.60.